The molecule has 5 heteroatoms. The molecule has 0 aliphatic heterocycles. The molecule has 0 aliphatic rings. The summed E-state index contributed by atoms with van der Waals surface area (Å²) in [5, 5.41) is 2.12. The number of hydrogen-bond acceptors (Lipinski definition) is 1. The molecule has 0 aromatic rings. The van der Waals surface area contributed by atoms with E-state index in [1.807, 2.05) is 0 Å². The fourth-order valence-electron chi connectivity index (χ4n) is 0. The van der Waals surface area contributed by atoms with Crippen molar-refractivity contribution in [1.29, 1.82) is 0 Å². The molecule has 0 bridgehead atoms. The first-order valence-electron chi connectivity index (χ1n) is 0.954. The summed E-state index contributed by atoms with van der Waals surface area (Å²) in [5.74, 6) is 0. The van der Waals surface area contributed by atoms with Gasteiger partial charge >= 0.3 is 0 Å². The van der Waals surface area contributed by atoms with Gasteiger partial charge in [0.15, 0.2) is 0 Å². The Kier molecular flexibility index (Phi) is 205. The summed E-state index contributed by atoms with van der Waals surface area (Å²) < 4.78 is 0. The Balaban J connectivity index is -0.00000000450. The Morgan fingerprint density at radius 3 is 1.22 bits per heavy atom. The van der Waals surface area contributed by atoms with Crippen LogP contribution in [0.15, 0.2) is 0 Å². The van der Waals surface area contributed by atoms with Crippen molar-refractivity contribution in [3.63, 3.8) is 0 Å². The molecule has 0 aromatic carbocycles. The Labute approximate surface area is 134 Å². The van der Waals surface area contributed by atoms with Gasteiger partial charge in [-0.1, -0.05) is 0 Å². The van der Waals surface area contributed by atoms with E-state index < -0.39 is 0 Å². The average molecular weight is 355 g/mol. The van der Waals surface area contributed by atoms with E-state index in [9.17, 15) is 0 Å². The molecule has 0 heterocycles. The molecule has 0 spiro atoms. The van der Waals surface area contributed by atoms with Crippen LogP contribution < -0.4 is 5.32 Å². The summed E-state index contributed by atoms with van der Waals surface area (Å²) in [6.07, 6.45) is 1.43. The van der Waals surface area contributed by atoms with E-state index in [2.05, 4.69) is 5.32 Å². The molecule has 0 aromatic heterocycles. The third-order valence-corrected chi connectivity index (χ3v) is 0.102. The summed E-state index contributed by atoms with van der Waals surface area (Å²) in [7, 11) is 1.51. The number of nitrogens with one attached hydrogen (secondary N) is 1. The van der Waals surface area contributed by atoms with Crippen molar-refractivity contribution in [1.82, 2.24) is 5.32 Å². The van der Waals surface area contributed by atoms with Crippen LogP contribution in [0.3, 0.4) is 0 Å². The molecule has 0 fully saturated rings. The fourth-order valence-corrected chi connectivity index (χ4v) is 0. The minimum absolute atomic E-state index is 0. The van der Waals surface area contributed by atoms with Crippen LogP contribution in [-0.2, 0) is 103 Å². The van der Waals surface area contributed by atoms with E-state index in [1.54, 1.807) is 0 Å². The maximum atomic E-state index is 8.94. The zero-order valence-electron chi connectivity index (χ0n) is 6.14. The Morgan fingerprint density at radius 2 is 1.22 bits per heavy atom. The largest absolute Gasteiger partial charge is 0.532 e. The van der Waals surface area contributed by atoms with Crippen LogP contribution in [0, 0.1) is 14.9 Å². The summed E-state index contributed by atoms with van der Waals surface area (Å²) in [6, 6.07) is 0. The molecular weight excluding hydrogens is 345 g/mol. The molecule has 0 aliphatic carbocycles. The minimum atomic E-state index is 0. The number of hydrogen-bond donors (Lipinski definition) is 1. The van der Waals surface area contributed by atoms with Crippen molar-refractivity contribution in [3.8, 4) is 0 Å². The molecule has 0 unspecified atom stereocenters. The fraction of sp³-hybridized carbons (Fsp3) is 0.250. The van der Waals surface area contributed by atoms with Crippen LogP contribution in [0.25, 0.3) is 0 Å². The monoisotopic (exact) mass is 355 g/mol. The molecule has 0 atom stereocenters. The zero-order valence-corrected chi connectivity index (χ0v) is 14.7. The zero-order chi connectivity index (χ0) is 3.41. The Morgan fingerprint density at radius 1 is 1.11 bits per heavy atom. The van der Waals surface area contributed by atoms with Crippen molar-refractivity contribution in [2.45, 2.75) is 0 Å². The average Bonchev–Trinajstić information content (AvgIpc) is 1.37. The van der Waals surface area contributed by atoms with Crippen molar-refractivity contribution in [2.24, 2.45) is 0 Å². The molecule has 9 heavy (non-hydrogen) atoms. The molecule has 1 N–H and O–H groups in total. The standard InChI is InChI=1S/C2H4NO.2CH3.3Y/c1-3-2-4;;;;;/h1H3,(H,3,4);2*1H3;;;/q3*-1;;;. The third kappa shape index (κ3) is 58.1. The quantitative estimate of drug-likeness (QED) is 0.528. The summed E-state index contributed by atoms with van der Waals surface area (Å²) in [6.45, 7) is 0. The van der Waals surface area contributed by atoms with Gasteiger partial charge in [-0.15, -0.1) is 0 Å². The van der Waals surface area contributed by atoms with Gasteiger partial charge in [0.25, 0.3) is 0 Å². The third-order valence-electron chi connectivity index (χ3n) is 0.102. The molecule has 1 amide bonds. The van der Waals surface area contributed by atoms with Crippen molar-refractivity contribution in [2.75, 3.05) is 7.05 Å². The second-order valence-corrected chi connectivity index (χ2v) is 0.352. The molecular formula is C4H10NOY3-3. The van der Waals surface area contributed by atoms with Crippen LogP contribution in [-0.4, -0.2) is 13.5 Å². The van der Waals surface area contributed by atoms with E-state index in [0.29, 0.717) is 0 Å². The van der Waals surface area contributed by atoms with Crippen molar-refractivity contribution >= 4 is 6.41 Å². The van der Waals surface area contributed by atoms with E-state index >= 15 is 0 Å². The maximum absolute atomic E-state index is 8.94. The first-order chi connectivity index (χ1) is 1.91. The first kappa shape index (κ1) is 41.0. The maximum Gasteiger partial charge on any atom is 0 e. The number of rotatable bonds is 1. The summed E-state index contributed by atoms with van der Waals surface area (Å²) in [4.78, 5) is 8.94. The Bertz CT molecular complexity index is 29.8. The summed E-state index contributed by atoms with van der Waals surface area (Å²) >= 11 is 0. The molecule has 3 radical (unpaired) electrons. The van der Waals surface area contributed by atoms with Gasteiger partial charge in [0.1, 0.15) is 0 Å². The predicted octanol–water partition coefficient (Wildman–Crippen LogP) is 0.166. The Hall–Kier alpha value is 2.78. The topological polar surface area (TPSA) is 29.1 Å². The second-order valence-electron chi connectivity index (χ2n) is 0.352. The first-order valence-corrected chi connectivity index (χ1v) is 0.954. The van der Waals surface area contributed by atoms with Crippen LogP contribution in [0.2, 0.25) is 0 Å². The van der Waals surface area contributed by atoms with Crippen molar-refractivity contribution < 1.29 is 103 Å². The molecule has 2 nitrogen and oxygen atoms in total. The smallest absolute Gasteiger partial charge is 0 e. The van der Waals surface area contributed by atoms with Crippen LogP contribution in [0.4, 0.5) is 0 Å². The second kappa shape index (κ2) is 45.1. The van der Waals surface area contributed by atoms with Gasteiger partial charge in [-0.2, -0.15) is 6.41 Å². The van der Waals surface area contributed by atoms with Gasteiger partial charge in [-0.25, -0.2) is 0 Å². The van der Waals surface area contributed by atoms with E-state index in [-0.39, 0.29) is 113 Å². The molecule has 0 saturated carbocycles. The number of amides is 1. The van der Waals surface area contributed by atoms with Crippen LogP contribution >= 0.6 is 0 Å². The normalized spacial score (nSPS) is 2.33. The SMILES string of the molecule is CN[C-]=O.[CH3-].[CH3-].[Y].[Y].[Y]. The van der Waals surface area contributed by atoms with Gasteiger partial charge in [0, 0.05) is 98.1 Å². The van der Waals surface area contributed by atoms with E-state index in [4.69, 9.17) is 4.79 Å². The number of carbonyl (C=O) groups excluding carboxylic acids is 1. The van der Waals surface area contributed by atoms with Crippen LogP contribution in [0.5, 0.6) is 0 Å². The predicted molar refractivity (Wildman–Crippen MR) is 27.6 cm³/mol. The van der Waals surface area contributed by atoms with Gasteiger partial charge < -0.3 is 25.0 Å². The van der Waals surface area contributed by atoms with Crippen LogP contribution in [0.1, 0.15) is 0 Å². The van der Waals surface area contributed by atoms with Gasteiger partial charge in [0.05, 0.1) is 0 Å². The van der Waals surface area contributed by atoms with E-state index in [0.717, 1.165) is 0 Å². The summed E-state index contributed by atoms with van der Waals surface area (Å²) in [5.41, 5.74) is 0. The molecule has 0 saturated heterocycles. The van der Waals surface area contributed by atoms with Crippen molar-refractivity contribution in [3.05, 3.63) is 14.9 Å². The van der Waals surface area contributed by atoms with Gasteiger partial charge in [-0.3, -0.25) is 0 Å². The molecule has 49 valence electrons. The van der Waals surface area contributed by atoms with E-state index in [1.165, 1.54) is 13.5 Å². The van der Waals surface area contributed by atoms with Gasteiger partial charge in [-0.05, 0) is 7.05 Å². The van der Waals surface area contributed by atoms with Gasteiger partial charge in [0.2, 0.25) is 0 Å². The minimum Gasteiger partial charge on any atom is -0.532 e. The molecule has 0 rings (SSSR count).